The Bertz CT molecular complexity index is 724. The number of piperidine rings is 2. The molecule has 0 aromatic carbocycles. The number of carbonyl (C=O) groups excluding carboxylic acids is 1. The highest BCUT2D eigenvalue weighted by Crippen LogP contribution is 2.37. The second-order valence-electron chi connectivity index (χ2n) is 7.99. The van der Waals surface area contributed by atoms with E-state index < -0.39 is 10.0 Å². The van der Waals surface area contributed by atoms with E-state index in [2.05, 4.69) is 4.90 Å². The first-order valence-electron chi connectivity index (χ1n) is 9.88. The van der Waals surface area contributed by atoms with Gasteiger partial charge in [0.15, 0.2) is 0 Å². The molecule has 1 saturated carbocycles. The molecule has 0 unspecified atom stereocenters. The van der Waals surface area contributed by atoms with E-state index in [0.717, 1.165) is 25.4 Å². The third-order valence-electron chi connectivity index (χ3n) is 6.50. The summed E-state index contributed by atoms with van der Waals surface area (Å²) in [4.78, 5) is 15.1. The van der Waals surface area contributed by atoms with Crippen molar-refractivity contribution in [1.29, 1.82) is 0 Å². The molecule has 2 atom stereocenters. The fourth-order valence-electron chi connectivity index (χ4n) is 4.94. The molecule has 2 saturated heterocycles. The number of hydrogen-bond donors (Lipinski definition) is 0. The summed E-state index contributed by atoms with van der Waals surface area (Å²) < 4.78 is 27.2. The van der Waals surface area contributed by atoms with E-state index in [9.17, 15) is 13.2 Å². The van der Waals surface area contributed by atoms with E-state index in [0.29, 0.717) is 36.1 Å². The quantitative estimate of drug-likeness (QED) is 0.788. The van der Waals surface area contributed by atoms with Gasteiger partial charge < -0.3 is 4.90 Å². The highest BCUT2D eigenvalue weighted by atomic mass is 32.2. The summed E-state index contributed by atoms with van der Waals surface area (Å²) in [6.45, 7) is 2.73. The maximum atomic E-state index is 13.0. The number of fused-ring (bicyclic) bond motifs is 1. The largest absolute Gasteiger partial charge is 0.342 e. The van der Waals surface area contributed by atoms with Gasteiger partial charge in [-0.2, -0.15) is 4.31 Å². The number of carbonyl (C=O) groups is 1. The molecule has 5 nitrogen and oxygen atoms in total. The zero-order valence-electron chi connectivity index (χ0n) is 15.2. The minimum Gasteiger partial charge on any atom is -0.342 e. The first-order valence-corrected chi connectivity index (χ1v) is 12.2. The summed E-state index contributed by atoms with van der Waals surface area (Å²) in [5.41, 5.74) is 0. The van der Waals surface area contributed by atoms with Crippen LogP contribution in [0.25, 0.3) is 0 Å². The Labute approximate surface area is 160 Å². The smallest absolute Gasteiger partial charge is 0.252 e. The van der Waals surface area contributed by atoms with E-state index in [4.69, 9.17) is 0 Å². The van der Waals surface area contributed by atoms with Crippen LogP contribution in [0.2, 0.25) is 0 Å². The van der Waals surface area contributed by atoms with Crippen molar-refractivity contribution in [2.45, 2.75) is 49.2 Å². The molecule has 3 fully saturated rings. The number of amides is 1. The molecule has 3 aliphatic rings. The van der Waals surface area contributed by atoms with Gasteiger partial charge in [-0.05, 0) is 49.0 Å². The molecule has 1 aromatic rings. The molecule has 0 radical (unpaired) electrons. The van der Waals surface area contributed by atoms with Crippen molar-refractivity contribution < 1.29 is 13.2 Å². The van der Waals surface area contributed by atoms with Gasteiger partial charge in [0.1, 0.15) is 4.21 Å². The van der Waals surface area contributed by atoms with Crippen LogP contribution in [-0.2, 0) is 14.8 Å². The molecule has 144 valence electrons. The summed E-state index contributed by atoms with van der Waals surface area (Å²) in [7, 11) is -3.38. The van der Waals surface area contributed by atoms with Crippen LogP contribution < -0.4 is 0 Å². The number of thiophene rings is 1. The molecule has 7 heteroatoms. The topological polar surface area (TPSA) is 57.7 Å². The number of sulfonamides is 1. The lowest BCUT2D eigenvalue weighted by Crippen LogP contribution is -2.49. The zero-order valence-corrected chi connectivity index (χ0v) is 16.8. The van der Waals surface area contributed by atoms with Gasteiger partial charge >= 0.3 is 0 Å². The van der Waals surface area contributed by atoms with Crippen molar-refractivity contribution in [3.05, 3.63) is 17.5 Å². The lowest BCUT2D eigenvalue weighted by molar-refractivity contribution is -0.139. The van der Waals surface area contributed by atoms with E-state index in [1.54, 1.807) is 21.8 Å². The maximum Gasteiger partial charge on any atom is 0.252 e. The second kappa shape index (κ2) is 7.60. The minimum atomic E-state index is -3.38. The van der Waals surface area contributed by atoms with Crippen molar-refractivity contribution >= 4 is 27.3 Å². The molecule has 0 N–H and O–H groups in total. The van der Waals surface area contributed by atoms with Gasteiger partial charge in [-0.15, -0.1) is 11.3 Å². The molecular formula is C19H28N2O3S2. The molecule has 4 rings (SSSR count). The molecule has 2 aliphatic heterocycles. The Hall–Kier alpha value is -0.920. The van der Waals surface area contributed by atoms with Gasteiger partial charge in [-0.25, -0.2) is 8.42 Å². The van der Waals surface area contributed by atoms with Crippen LogP contribution in [0.1, 0.15) is 44.9 Å². The highest BCUT2D eigenvalue weighted by molar-refractivity contribution is 7.91. The normalized spacial score (nSPS) is 28.7. The van der Waals surface area contributed by atoms with Gasteiger partial charge in [0.2, 0.25) is 5.91 Å². The summed E-state index contributed by atoms with van der Waals surface area (Å²) in [5, 5.41) is 1.79. The third kappa shape index (κ3) is 3.58. The monoisotopic (exact) mass is 396 g/mol. The van der Waals surface area contributed by atoms with Gasteiger partial charge in [0.05, 0.1) is 0 Å². The Morgan fingerprint density at radius 3 is 2.42 bits per heavy atom. The van der Waals surface area contributed by atoms with E-state index >= 15 is 0 Å². The molecular weight excluding hydrogens is 368 g/mol. The number of nitrogens with zero attached hydrogens (tertiary/aromatic N) is 2. The summed E-state index contributed by atoms with van der Waals surface area (Å²) in [6, 6.07) is 3.42. The molecule has 1 aliphatic carbocycles. The first-order chi connectivity index (χ1) is 12.6. The van der Waals surface area contributed by atoms with Crippen molar-refractivity contribution in [3.63, 3.8) is 0 Å². The number of hydrogen-bond acceptors (Lipinski definition) is 4. The van der Waals surface area contributed by atoms with Gasteiger partial charge in [0.25, 0.3) is 10.0 Å². The van der Waals surface area contributed by atoms with Crippen LogP contribution in [0.5, 0.6) is 0 Å². The van der Waals surface area contributed by atoms with E-state index in [-0.39, 0.29) is 11.8 Å². The van der Waals surface area contributed by atoms with Crippen LogP contribution >= 0.6 is 11.3 Å². The standard InChI is InChI=1S/C19H28N2O3S2/c22-19(20-10-7-15-4-1-2-5-17(15)14-20)16-8-11-21(12-9-16)26(23,24)18-6-3-13-25-18/h3,6,13,15-17H,1-2,4-5,7-12,14H2/t15-,17-/m0/s1. The van der Waals surface area contributed by atoms with Gasteiger partial charge in [0, 0.05) is 32.1 Å². The second-order valence-corrected chi connectivity index (χ2v) is 11.1. The van der Waals surface area contributed by atoms with Crippen LogP contribution in [0.3, 0.4) is 0 Å². The number of likely N-dealkylation sites (tertiary alicyclic amines) is 1. The lowest BCUT2D eigenvalue weighted by Gasteiger charge is -2.43. The molecule has 26 heavy (non-hydrogen) atoms. The Kier molecular flexibility index (Phi) is 5.39. The fraction of sp³-hybridized carbons (Fsp3) is 0.737. The Morgan fingerprint density at radius 2 is 1.73 bits per heavy atom. The van der Waals surface area contributed by atoms with Gasteiger partial charge in [-0.1, -0.05) is 25.3 Å². The van der Waals surface area contributed by atoms with Crippen molar-refractivity contribution in [1.82, 2.24) is 9.21 Å². The average Bonchev–Trinajstić information content (AvgIpc) is 3.23. The Balaban J connectivity index is 1.34. The fourth-order valence-corrected chi connectivity index (χ4v) is 7.55. The predicted octanol–water partition coefficient (Wildman–Crippen LogP) is 3.19. The third-order valence-corrected chi connectivity index (χ3v) is 9.77. The lowest BCUT2D eigenvalue weighted by atomic mass is 9.75. The highest BCUT2D eigenvalue weighted by Gasteiger charge is 2.37. The molecule has 0 spiro atoms. The van der Waals surface area contributed by atoms with Crippen LogP contribution in [-0.4, -0.2) is 49.7 Å². The minimum absolute atomic E-state index is 0.00933. The molecule has 3 heterocycles. The summed E-state index contributed by atoms with van der Waals surface area (Å²) in [6.07, 6.45) is 7.72. The number of rotatable bonds is 3. The van der Waals surface area contributed by atoms with Crippen molar-refractivity contribution in [2.24, 2.45) is 17.8 Å². The van der Waals surface area contributed by atoms with Gasteiger partial charge in [-0.3, -0.25) is 4.79 Å². The maximum absolute atomic E-state index is 13.0. The zero-order chi connectivity index (χ0) is 18.1. The average molecular weight is 397 g/mol. The van der Waals surface area contributed by atoms with Crippen LogP contribution in [0, 0.1) is 17.8 Å². The van der Waals surface area contributed by atoms with E-state index in [1.165, 1.54) is 37.0 Å². The van der Waals surface area contributed by atoms with Crippen LogP contribution in [0.15, 0.2) is 21.7 Å². The van der Waals surface area contributed by atoms with E-state index in [1.807, 2.05) is 0 Å². The molecule has 1 aromatic heterocycles. The summed E-state index contributed by atoms with van der Waals surface area (Å²) in [5.74, 6) is 1.78. The Morgan fingerprint density at radius 1 is 1.00 bits per heavy atom. The molecule has 0 bridgehead atoms. The summed E-state index contributed by atoms with van der Waals surface area (Å²) >= 11 is 1.26. The van der Waals surface area contributed by atoms with Crippen molar-refractivity contribution in [2.75, 3.05) is 26.2 Å². The first kappa shape index (κ1) is 18.4. The van der Waals surface area contributed by atoms with Crippen LogP contribution in [0.4, 0.5) is 0 Å². The SMILES string of the molecule is O=C(C1CCN(S(=O)(=O)c2cccs2)CC1)N1CC[C@@H]2CCCC[C@H]2C1. The molecule has 1 amide bonds. The predicted molar refractivity (Wildman–Crippen MR) is 102 cm³/mol. The van der Waals surface area contributed by atoms with Crippen molar-refractivity contribution in [3.8, 4) is 0 Å².